The summed E-state index contributed by atoms with van der Waals surface area (Å²) in [5.74, 6) is -2.12. The zero-order valence-corrected chi connectivity index (χ0v) is 17.4. The maximum Gasteiger partial charge on any atom is 0.340 e. The van der Waals surface area contributed by atoms with Gasteiger partial charge in [-0.15, -0.1) is 0 Å². The molecule has 0 unspecified atom stereocenters. The molecule has 4 rings (SSSR count). The van der Waals surface area contributed by atoms with E-state index in [4.69, 9.17) is 4.74 Å². The summed E-state index contributed by atoms with van der Waals surface area (Å²) in [5.41, 5.74) is 3.85. The Labute approximate surface area is 179 Å². The number of esters is 1. The van der Waals surface area contributed by atoms with E-state index < -0.39 is 17.6 Å². The number of H-pyrrole nitrogens is 1. The molecule has 0 bridgehead atoms. The smallest absolute Gasteiger partial charge is 0.340 e. The van der Waals surface area contributed by atoms with E-state index in [0.29, 0.717) is 28.8 Å². The Bertz CT molecular complexity index is 1050. The third-order valence-corrected chi connectivity index (χ3v) is 5.68. The molecule has 1 aliphatic carbocycles. The average Bonchev–Trinajstić information content (AvgIpc) is 3.12. The lowest BCUT2D eigenvalue weighted by Crippen LogP contribution is -2.27. The van der Waals surface area contributed by atoms with Crippen LogP contribution in [0, 0.1) is 0 Å². The number of carbonyl (C=O) groups excluding carboxylic acids is 1. The van der Waals surface area contributed by atoms with Gasteiger partial charge < -0.3 is 15.0 Å². The number of nitrogens with one attached hydrogen (secondary N) is 2. The first-order valence-electron chi connectivity index (χ1n) is 10.6. The number of hydrogen-bond donors (Lipinski definition) is 2. The second-order valence-electron chi connectivity index (χ2n) is 7.62. The number of pyridine rings is 1. The Morgan fingerprint density at radius 2 is 1.94 bits per heavy atom. The van der Waals surface area contributed by atoms with Crippen molar-refractivity contribution in [1.82, 2.24) is 15.3 Å². The van der Waals surface area contributed by atoms with Crippen molar-refractivity contribution in [3.63, 3.8) is 0 Å². The largest absolute Gasteiger partial charge is 0.462 e. The molecular weight excluding hydrogens is 400 g/mol. The number of hydrogen-bond acceptors (Lipinski definition) is 4. The maximum absolute atomic E-state index is 14.3. The van der Waals surface area contributed by atoms with Crippen molar-refractivity contribution in [2.75, 3.05) is 19.7 Å². The molecule has 5 nitrogen and oxygen atoms in total. The topological polar surface area (TPSA) is 67.0 Å². The highest BCUT2D eigenvalue weighted by Crippen LogP contribution is 2.41. The quantitative estimate of drug-likeness (QED) is 0.645. The number of nitrogens with zero attached hydrogens (tertiary/aromatic N) is 1. The highest BCUT2D eigenvalue weighted by molar-refractivity contribution is 6.02. The van der Waals surface area contributed by atoms with Crippen LogP contribution in [0.2, 0.25) is 0 Å². The van der Waals surface area contributed by atoms with E-state index in [2.05, 4.69) is 15.3 Å². The molecule has 2 aliphatic rings. The Morgan fingerprint density at radius 3 is 2.65 bits per heavy atom. The number of aromatic amines is 1. The van der Waals surface area contributed by atoms with Gasteiger partial charge in [0.1, 0.15) is 0 Å². The Hall–Kier alpha value is -3.06. The van der Waals surface area contributed by atoms with Gasteiger partial charge in [-0.3, -0.25) is 4.98 Å². The number of ether oxygens (including phenoxy) is 1. The van der Waals surface area contributed by atoms with E-state index >= 15 is 0 Å². The van der Waals surface area contributed by atoms with Crippen molar-refractivity contribution in [3.8, 4) is 11.1 Å². The van der Waals surface area contributed by atoms with E-state index in [1.165, 1.54) is 6.08 Å². The molecule has 1 fully saturated rings. The van der Waals surface area contributed by atoms with Gasteiger partial charge in [-0.1, -0.05) is 6.08 Å². The summed E-state index contributed by atoms with van der Waals surface area (Å²) in [5, 5.41) is 3.34. The summed E-state index contributed by atoms with van der Waals surface area (Å²) in [6.07, 6.45) is 9.26. The minimum absolute atomic E-state index is 0.133. The van der Waals surface area contributed by atoms with Crippen LogP contribution in [0.5, 0.6) is 0 Å². The third-order valence-electron chi connectivity index (χ3n) is 5.68. The predicted octanol–water partition coefficient (Wildman–Crippen LogP) is 5.21. The zero-order chi connectivity index (χ0) is 21.8. The van der Waals surface area contributed by atoms with Crippen LogP contribution in [-0.2, 0) is 4.74 Å². The number of allylic oxidation sites excluding steroid dienone is 6. The molecule has 0 radical (unpaired) electrons. The Kier molecular flexibility index (Phi) is 6.42. The summed E-state index contributed by atoms with van der Waals surface area (Å²) >= 11 is 0. The highest BCUT2D eigenvalue weighted by Gasteiger charge is 2.31. The second kappa shape index (κ2) is 9.39. The molecule has 31 heavy (non-hydrogen) atoms. The van der Waals surface area contributed by atoms with Crippen molar-refractivity contribution >= 4 is 11.5 Å². The van der Waals surface area contributed by atoms with Gasteiger partial charge in [0, 0.05) is 29.6 Å². The lowest BCUT2D eigenvalue weighted by atomic mass is 9.89. The summed E-state index contributed by atoms with van der Waals surface area (Å²) < 4.78 is 33.5. The van der Waals surface area contributed by atoms with E-state index in [1.807, 2.05) is 12.1 Å². The van der Waals surface area contributed by atoms with E-state index in [0.717, 1.165) is 43.3 Å². The van der Waals surface area contributed by atoms with Gasteiger partial charge in [-0.2, -0.15) is 0 Å². The first-order chi connectivity index (χ1) is 15.1. The van der Waals surface area contributed by atoms with Crippen molar-refractivity contribution < 1.29 is 18.3 Å². The summed E-state index contributed by atoms with van der Waals surface area (Å²) in [6.45, 7) is 3.71. The average molecular weight is 425 g/mol. The van der Waals surface area contributed by atoms with Crippen LogP contribution >= 0.6 is 0 Å². The normalized spacial score (nSPS) is 17.5. The van der Waals surface area contributed by atoms with Crippen molar-refractivity contribution in [2.24, 2.45) is 0 Å². The standard InChI is InChI=1S/C24H25F2N3O2/c1-2-31-24(30)21-20(15-6-10-27-11-7-15)23(17-4-3-5-18(25)19(26)14-17)29-22(21)16-8-12-28-13-9-16/h3,5-7,10-11,14,16,28-29H,2,4,8-9,12-13H2,1H3. The predicted molar refractivity (Wildman–Crippen MR) is 116 cm³/mol. The van der Waals surface area contributed by atoms with Gasteiger partial charge in [-0.25, -0.2) is 13.6 Å². The van der Waals surface area contributed by atoms with Crippen molar-refractivity contribution in [1.29, 1.82) is 0 Å². The lowest BCUT2D eigenvalue weighted by Gasteiger charge is -2.23. The molecule has 0 saturated carbocycles. The lowest BCUT2D eigenvalue weighted by molar-refractivity contribution is 0.0525. The molecule has 162 valence electrons. The Morgan fingerprint density at radius 1 is 1.19 bits per heavy atom. The maximum atomic E-state index is 14.3. The molecule has 1 saturated heterocycles. The first kappa shape index (κ1) is 21.2. The van der Waals surface area contributed by atoms with Crippen molar-refractivity contribution in [2.45, 2.75) is 32.1 Å². The number of halogens is 2. The zero-order valence-electron chi connectivity index (χ0n) is 17.4. The van der Waals surface area contributed by atoms with Crippen LogP contribution in [-0.4, -0.2) is 35.6 Å². The van der Waals surface area contributed by atoms with Crippen LogP contribution in [0.3, 0.4) is 0 Å². The van der Waals surface area contributed by atoms with E-state index in [1.54, 1.807) is 25.4 Å². The van der Waals surface area contributed by atoms with E-state index in [9.17, 15) is 13.6 Å². The molecule has 0 aromatic carbocycles. The monoisotopic (exact) mass is 425 g/mol. The summed E-state index contributed by atoms with van der Waals surface area (Å²) in [4.78, 5) is 20.6. The SMILES string of the molecule is CCOC(=O)c1c(C2CCNCC2)[nH]c(C2=CC(F)=C(F)C=CC2)c1-c1ccncc1. The molecule has 1 aliphatic heterocycles. The van der Waals surface area contributed by atoms with Crippen LogP contribution in [0.15, 0.2) is 54.4 Å². The molecule has 0 atom stereocenters. The minimum atomic E-state index is -0.930. The molecule has 7 heteroatoms. The van der Waals surface area contributed by atoms with Crippen LogP contribution in [0.25, 0.3) is 16.7 Å². The number of aromatic nitrogens is 2. The second-order valence-corrected chi connectivity index (χ2v) is 7.62. The molecule has 0 amide bonds. The van der Waals surface area contributed by atoms with Gasteiger partial charge in [0.2, 0.25) is 0 Å². The van der Waals surface area contributed by atoms with Gasteiger partial charge >= 0.3 is 5.97 Å². The van der Waals surface area contributed by atoms with Crippen molar-refractivity contribution in [3.05, 3.63) is 71.4 Å². The number of carbonyl (C=O) groups is 1. The summed E-state index contributed by atoms with van der Waals surface area (Å²) in [6, 6.07) is 3.61. The van der Waals surface area contributed by atoms with E-state index in [-0.39, 0.29) is 12.5 Å². The number of piperidine rings is 1. The molecule has 2 N–H and O–H groups in total. The van der Waals surface area contributed by atoms with Crippen LogP contribution in [0.4, 0.5) is 8.78 Å². The van der Waals surface area contributed by atoms with Gasteiger partial charge in [0.15, 0.2) is 11.7 Å². The molecule has 2 aromatic heterocycles. The molecule has 3 heterocycles. The highest BCUT2D eigenvalue weighted by atomic mass is 19.2. The fourth-order valence-corrected chi connectivity index (χ4v) is 4.22. The Balaban J connectivity index is 1.96. The van der Waals surface area contributed by atoms with Crippen LogP contribution < -0.4 is 5.32 Å². The minimum Gasteiger partial charge on any atom is -0.462 e. The van der Waals surface area contributed by atoms with Gasteiger partial charge in [0.05, 0.1) is 17.9 Å². The molecule has 2 aromatic rings. The fraction of sp³-hybridized carbons (Fsp3) is 0.333. The molecule has 0 spiro atoms. The fourth-order valence-electron chi connectivity index (χ4n) is 4.22. The summed E-state index contributed by atoms with van der Waals surface area (Å²) in [7, 11) is 0. The van der Waals surface area contributed by atoms with Crippen LogP contribution in [0.1, 0.15) is 53.8 Å². The van der Waals surface area contributed by atoms with Gasteiger partial charge in [0.25, 0.3) is 0 Å². The first-order valence-corrected chi connectivity index (χ1v) is 10.6. The molecular formula is C24H25F2N3O2. The third kappa shape index (κ3) is 4.37. The number of rotatable bonds is 5. The van der Waals surface area contributed by atoms with Gasteiger partial charge in [-0.05, 0) is 74.7 Å².